The molecule has 3 heteroatoms. The van der Waals surface area contributed by atoms with Gasteiger partial charge in [-0.05, 0) is 6.42 Å². The smallest absolute Gasteiger partial charge is 0.246 e. The standard InChI is InChI=1S/C7H15O2Si/c1-2-3-4-5-8-6-7-9-10/h2-7H2,1H3. The van der Waals surface area contributed by atoms with E-state index in [1.165, 1.54) is 12.8 Å². The topological polar surface area (TPSA) is 18.5 Å². The lowest BCUT2D eigenvalue weighted by molar-refractivity contribution is 0.100. The molecule has 0 atom stereocenters. The highest BCUT2D eigenvalue weighted by Gasteiger charge is 1.86. The Morgan fingerprint density at radius 3 is 2.50 bits per heavy atom. The van der Waals surface area contributed by atoms with Gasteiger partial charge in [0.15, 0.2) is 0 Å². The molecular formula is C7H15O2Si. The van der Waals surface area contributed by atoms with Gasteiger partial charge in [-0.15, -0.1) is 0 Å². The highest BCUT2D eigenvalue weighted by molar-refractivity contribution is 5.97. The van der Waals surface area contributed by atoms with E-state index in [0.717, 1.165) is 13.0 Å². The summed E-state index contributed by atoms with van der Waals surface area (Å²) >= 11 is 0. The van der Waals surface area contributed by atoms with Crippen LogP contribution in [-0.2, 0) is 9.16 Å². The summed E-state index contributed by atoms with van der Waals surface area (Å²) in [5, 5.41) is 0. The minimum Gasteiger partial charge on any atom is -0.416 e. The van der Waals surface area contributed by atoms with Gasteiger partial charge in [0.25, 0.3) is 0 Å². The third kappa shape index (κ3) is 8.14. The molecule has 0 saturated carbocycles. The number of hydrogen-bond donors (Lipinski definition) is 0. The van der Waals surface area contributed by atoms with Gasteiger partial charge in [0.1, 0.15) is 0 Å². The molecule has 0 fully saturated rings. The van der Waals surface area contributed by atoms with E-state index in [2.05, 4.69) is 21.8 Å². The van der Waals surface area contributed by atoms with E-state index >= 15 is 0 Å². The predicted octanol–water partition coefficient (Wildman–Crippen LogP) is 1.29. The highest BCUT2D eigenvalue weighted by atomic mass is 28.2. The van der Waals surface area contributed by atoms with Crippen LogP contribution in [0.3, 0.4) is 0 Å². The molecule has 0 rings (SSSR count). The Labute approximate surface area is 66.5 Å². The number of unbranched alkanes of at least 4 members (excludes halogenated alkanes) is 2. The van der Waals surface area contributed by atoms with Gasteiger partial charge < -0.3 is 9.16 Å². The summed E-state index contributed by atoms with van der Waals surface area (Å²) in [4.78, 5) is 0. The fraction of sp³-hybridized carbons (Fsp3) is 1.00. The van der Waals surface area contributed by atoms with Crippen molar-refractivity contribution in [2.75, 3.05) is 19.8 Å². The first kappa shape index (κ1) is 10.1. The van der Waals surface area contributed by atoms with Crippen LogP contribution in [0.4, 0.5) is 0 Å². The monoisotopic (exact) mass is 159 g/mol. The maximum atomic E-state index is 5.22. The Balaban J connectivity index is 2.65. The molecule has 0 amide bonds. The Morgan fingerprint density at radius 1 is 1.10 bits per heavy atom. The Bertz CT molecular complexity index is 51.6. The third-order valence-electron chi connectivity index (χ3n) is 1.22. The Morgan fingerprint density at radius 2 is 1.90 bits per heavy atom. The fourth-order valence-corrected chi connectivity index (χ4v) is 0.740. The molecule has 0 saturated heterocycles. The second-order valence-corrected chi connectivity index (χ2v) is 2.46. The van der Waals surface area contributed by atoms with Crippen molar-refractivity contribution in [3.63, 3.8) is 0 Å². The maximum Gasteiger partial charge on any atom is 0.246 e. The van der Waals surface area contributed by atoms with Crippen molar-refractivity contribution >= 4 is 10.5 Å². The van der Waals surface area contributed by atoms with Gasteiger partial charge in [0, 0.05) is 6.61 Å². The van der Waals surface area contributed by atoms with Gasteiger partial charge in [-0.1, -0.05) is 19.8 Å². The Kier molecular flexibility index (Phi) is 9.26. The average Bonchev–Trinajstić information content (AvgIpc) is 1.97. The van der Waals surface area contributed by atoms with Gasteiger partial charge in [0.2, 0.25) is 10.5 Å². The average molecular weight is 159 g/mol. The van der Waals surface area contributed by atoms with Crippen LogP contribution in [0.1, 0.15) is 26.2 Å². The lowest BCUT2D eigenvalue weighted by Gasteiger charge is -2.01. The van der Waals surface area contributed by atoms with Crippen LogP contribution < -0.4 is 0 Å². The molecule has 0 unspecified atom stereocenters. The van der Waals surface area contributed by atoms with Crippen LogP contribution in [0.5, 0.6) is 0 Å². The van der Waals surface area contributed by atoms with E-state index in [1.807, 2.05) is 0 Å². The molecule has 0 aromatic carbocycles. The van der Waals surface area contributed by atoms with Gasteiger partial charge in [-0.2, -0.15) is 0 Å². The summed E-state index contributed by atoms with van der Waals surface area (Å²) in [6.45, 7) is 4.36. The zero-order chi connectivity index (χ0) is 7.66. The normalized spacial score (nSPS) is 10.2. The van der Waals surface area contributed by atoms with Gasteiger partial charge in [-0.3, -0.25) is 0 Å². The quantitative estimate of drug-likeness (QED) is 0.412. The lowest BCUT2D eigenvalue weighted by Crippen LogP contribution is -2.03. The minimum atomic E-state index is 0.628. The number of ether oxygens (including phenoxy) is 1. The van der Waals surface area contributed by atoms with Gasteiger partial charge in [-0.25, -0.2) is 0 Å². The summed E-state index contributed by atoms with van der Waals surface area (Å²) in [6.07, 6.45) is 3.67. The molecule has 10 heavy (non-hydrogen) atoms. The third-order valence-corrected chi connectivity index (χ3v) is 1.43. The van der Waals surface area contributed by atoms with Crippen molar-refractivity contribution < 1.29 is 9.16 Å². The molecule has 0 N–H and O–H groups in total. The van der Waals surface area contributed by atoms with Crippen LogP contribution in [0.25, 0.3) is 0 Å². The van der Waals surface area contributed by atoms with E-state index in [4.69, 9.17) is 4.74 Å². The van der Waals surface area contributed by atoms with E-state index in [9.17, 15) is 0 Å². The molecule has 2 nitrogen and oxygen atoms in total. The SMILES string of the molecule is CCCCCOCCO[Si]. The fourth-order valence-electron chi connectivity index (χ4n) is 0.657. The van der Waals surface area contributed by atoms with E-state index in [1.54, 1.807) is 0 Å². The molecule has 0 bridgehead atoms. The summed E-state index contributed by atoms with van der Waals surface area (Å²) < 4.78 is 9.85. The van der Waals surface area contributed by atoms with Crippen molar-refractivity contribution in [3.05, 3.63) is 0 Å². The summed E-state index contributed by atoms with van der Waals surface area (Å²) in [7, 11) is 2.90. The van der Waals surface area contributed by atoms with Crippen molar-refractivity contribution in [3.8, 4) is 0 Å². The second-order valence-electron chi connectivity index (χ2n) is 2.17. The minimum absolute atomic E-state index is 0.628. The largest absolute Gasteiger partial charge is 0.416 e. The van der Waals surface area contributed by atoms with Crippen molar-refractivity contribution in [2.24, 2.45) is 0 Å². The summed E-state index contributed by atoms with van der Waals surface area (Å²) in [5.41, 5.74) is 0. The molecule has 0 aromatic heterocycles. The van der Waals surface area contributed by atoms with Crippen LogP contribution in [0.15, 0.2) is 0 Å². The maximum absolute atomic E-state index is 5.22. The molecule has 0 aromatic rings. The molecule has 0 spiro atoms. The predicted molar refractivity (Wildman–Crippen MR) is 42.1 cm³/mol. The first-order chi connectivity index (χ1) is 4.91. The molecule has 0 aliphatic heterocycles. The molecule has 0 heterocycles. The summed E-state index contributed by atoms with van der Waals surface area (Å²) in [5.74, 6) is 0. The molecule has 0 aliphatic carbocycles. The molecule has 0 aliphatic rings. The zero-order valence-electron chi connectivity index (χ0n) is 6.56. The van der Waals surface area contributed by atoms with Crippen LogP contribution in [0.2, 0.25) is 0 Å². The van der Waals surface area contributed by atoms with Crippen LogP contribution in [-0.4, -0.2) is 30.3 Å². The van der Waals surface area contributed by atoms with E-state index in [0.29, 0.717) is 13.2 Å². The Hall–Kier alpha value is 0.137. The number of rotatable bonds is 7. The van der Waals surface area contributed by atoms with Gasteiger partial charge in [0.05, 0.1) is 13.2 Å². The van der Waals surface area contributed by atoms with Crippen molar-refractivity contribution in [1.82, 2.24) is 0 Å². The van der Waals surface area contributed by atoms with Gasteiger partial charge >= 0.3 is 0 Å². The molecular weight excluding hydrogens is 144 g/mol. The highest BCUT2D eigenvalue weighted by Crippen LogP contribution is 1.93. The van der Waals surface area contributed by atoms with Crippen molar-refractivity contribution in [1.29, 1.82) is 0 Å². The summed E-state index contributed by atoms with van der Waals surface area (Å²) in [6, 6.07) is 0. The zero-order valence-corrected chi connectivity index (χ0v) is 7.56. The van der Waals surface area contributed by atoms with Crippen LogP contribution in [0, 0.1) is 0 Å². The molecule has 3 radical (unpaired) electrons. The number of hydrogen-bond acceptors (Lipinski definition) is 2. The van der Waals surface area contributed by atoms with Crippen LogP contribution >= 0.6 is 0 Å². The first-order valence-electron chi connectivity index (χ1n) is 3.78. The first-order valence-corrected chi connectivity index (χ1v) is 4.19. The molecule has 59 valence electrons. The van der Waals surface area contributed by atoms with Crippen molar-refractivity contribution in [2.45, 2.75) is 26.2 Å². The van der Waals surface area contributed by atoms with E-state index < -0.39 is 0 Å². The second kappa shape index (κ2) is 9.14. The van der Waals surface area contributed by atoms with E-state index in [-0.39, 0.29) is 0 Å². The lowest BCUT2D eigenvalue weighted by atomic mass is 10.3.